The second-order valence-electron chi connectivity index (χ2n) is 4.79. The van der Waals surface area contributed by atoms with Gasteiger partial charge >= 0.3 is 0 Å². The highest BCUT2D eigenvalue weighted by molar-refractivity contribution is 6.28. The Bertz CT molecular complexity index is 776. The molecule has 2 aromatic rings. The molecule has 116 valence electrons. The molecule has 0 aromatic carbocycles. The number of anilines is 1. The molecular formula is C11H11ClN6O4. The van der Waals surface area contributed by atoms with Gasteiger partial charge in [0.1, 0.15) is 23.8 Å². The number of aliphatic hydroxyl groups is 3. The van der Waals surface area contributed by atoms with E-state index in [2.05, 4.69) is 15.0 Å². The highest BCUT2D eigenvalue weighted by Gasteiger charge is 2.57. The molecule has 4 atom stereocenters. The van der Waals surface area contributed by atoms with Gasteiger partial charge in [-0.15, -0.1) is 0 Å². The molecule has 0 bridgehead atoms. The summed E-state index contributed by atoms with van der Waals surface area (Å²) < 4.78 is 6.58. The van der Waals surface area contributed by atoms with E-state index in [-0.39, 0.29) is 22.3 Å². The molecule has 3 rings (SSSR count). The van der Waals surface area contributed by atoms with Gasteiger partial charge in [-0.05, 0) is 11.6 Å². The Morgan fingerprint density at radius 1 is 1.55 bits per heavy atom. The molecule has 3 heterocycles. The van der Waals surface area contributed by atoms with Crippen molar-refractivity contribution in [3.63, 3.8) is 0 Å². The van der Waals surface area contributed by atoms with Crippen molar-refractivity contribution in [2.45, 2.75) is 24.0 Å². The smallest absolute Gasteiger partial charge is 0.226 e. The second-order valence-corrected chi connectivity index (χ2v) is 5.13. The number of aromatic nitrogens is 4. The molecule has 22 heavy (non-hydrogen) atoms. The standard InChI is InChI=1S/C11H11ClN6O4/c12-10-16-7(14)5-8(17-10)18(3-15-5)9-11(21,2-13)6(20)4(1-19)22-9/h3-4,6,9,19-21H,1H2,(H2,14,16,17)/t4-,6-,9-,11-/m1/s1. The van der Waals surface area contributed by atoms with E-state index >= 15 is 0 Å². The highest BCUT2D eigenvalue weighted by atomic mass is 35.5. The average Bonchev–Trinajstić information content (AvgIpc) is 3.00. The lowest BCUT2D eigenvalue weighted by Gasteiger charge is -2.24. The summed E-state index contributed by atoms with van der Waals surface area (Å²) in [5.74, 6) is 0.0199. The van der Waals surface area contributed by atoms with Crippen LogP contribution in [0.4, 0.5) is 5.82 Å². The summed E-state index contributed by atoms with van der Waals surface area (Å²) in [5, 5.41) is 38.6. The first kappa shape index (κ1) is 14.9. The van der Waals surface area contributed by atoms with Crippen molar-refractivity contribution in [3.05, 3.63) is 11.6 Å². The van der Waals surface area contributed by atoms with Crippen LogP contribution in [-0.2, 0) is 4.74 Å². The van der Waals surface area contributed by atoms with Crippen molar-refractivity contribution in [2.75, 3.05) is 12.3 Å². The van der Waals surface area contributed by atoms with Crippen LogP contribution >= 0.6 is 11.6 Å². The van der Waals surface area contributed by atoms with E-state index in [4.69, 9.17) is 22.1 Å². The minimum Gasteiger partial charge on any atom is -0.394 e. The summed E-state index contributed by atoms with van der Waals surface area (Å²) in [7, 11) is 0. The van der Waals surface area contributed by atoms with Gasteiger partial charge in [-0.25, -0.2) is 4.98 Å². The van der Waals surface area contributed by atoms with E-state index < -0.39 is 30.6 Å². The van der Waals surface area contributed by atoms with Crippen LogP contribution in [0.15, 0.2) is 6.33 Å². The van der Waals surface area contributed by atoms with Crippen LogP contribution in [0, 0.1) is 11.3 Å². The fraction of sp³-hybridized carbons (Fsp3) is 0.455. The van der Waals surface area contributed by atoms with Crippen LogP contribution in [0.25, 0.3) is 11.2 Å². The first-order valence-corrected chi connectivity index (χ1v) is 6.53. The minimum atomic E-state index is -2.30. The summed E-state index contributed by atoms with van der Waals surface area (Å²) in [6, 6.07) is 1.60. The Morgan fingerprint density at radius 3 is 2.91 bits per heavy atom. The number of rotatable bonds is 2. The maximum absolute atomic E-state index is 10.4. The molecule has 1 aliphatic rings. The van der Waals surface area contributed by atoms with Gasteiger partial charge in [-0.1, -0.05) is 0 Å². The largest absolute Gasteiger partial charge is 0.394 e. The van der Waals surface area contributed by atoms with Gasteiger partial charge in [-0.3, -0.25) is 4.57 Å². The maximum atomic E-state index is 10.4. The third-order valence-electron chi connectivity index (χ3n) is 3.52. The van der Waals surface area contributed by atoms with E-state index in [1.54, 1.807) is 6.07 Å². The fourth-order valence-corrected chi connectivity index (χ4v) is 2.57. The number of nitrogens with two attached hydrogens (primary N) is 1. The number of halogens is 1. The lowest BCUT2D eigenvalue weighted by Crippen LogP contribution is -2.45. The Balaban J connectivity index is 2.17. The number of aliphatic hydroxyl groups excluding tert-OH is 2. The molecule has 0 radical (unpaired) electrons. The molecule has 5 N–H and O–H groups in total. The lowest BCUT2D eigenvalue weighted by atomic mass is 9.96. The van der Waals surface area contributed by atoms with Gasteiger partial charge in [0.05, 0.1) is 12.9 Å². The van der Waals surface area contributed by atoms with E-state index in [9.17, 15) is 20.6 Å². The van der Waals surface area contributed by atoms with Crippen LogP contribution in [-0.4, -0.2) is 59.3 Å². The molecule has 10 nitrogen and oxygen atoms in total. The number of fused-ring (bicyclic) bond motifs is 1. The number of imidazole rings is 1. The predicted molar refractivity (Wildman–Crippen MR) is 72.3 cm³/mol. The van der Waals surface area contributed by atoms with Gasteiger partial charge in [0.2, 0.25) is 10.9 Å². The summed E-state index contributed by atoms with van der Waals surface area (Å²) in [5.41, 5.74) is 3.71. The predicted octanol–water partition coefficient (Wildman–Crippen LogP) is -1.43. The van der Waals surface area contributed by atoms with Crippen molar-refractivity contribution < 1.29 is 20.1 Å². The van der Waals surface area contributed by atoms with E-state index in [0.29, 0.717) is 0 Å². The van der Waals surface area contributed by atoms with E-state index in [1.165, 1.54) is 10.9 Å². The van der Waals surface area contributed by atoms with Crippen LogP contribution < -0.4 is 5.73 Å². The zero-order valence-corrected chi connectivity index (χ0v) is 11.7. The number of hydrogen-bond donors (Lipinski definition) is 4. The zero-order valence-electron chi connectivity index (χ0n) is 11.0. The minimum absolute atomic E-state index is 0.0199. The molecule has 0 amide bonds. The van der Waals surface area contributed by atoms with Crippen LogP contribution in [0.5, 0.6) is 0 Å². The van der Waals surface area contributed by atoms with Crippen LogP contribution in [0.2, 0.25) is 5.28 Å². The maximum Gasteiger partial charge on any atom is 0.226 e. The van der Waals surface area contributed by atoms with E-state index in [1.807, 2.05) is 0 Å². The molecule has 1 aliphatic heterocycles. The molecule has 1 fully saturated rings. The van der Waals surface area contributed by atoms with Gasteiger partial charge in [0.25, 0.3) is 0 Å². The SMILES string of the molecule is N#C[C@@]1(O)[C@H](O)[C@@H](CO)O[C@H]1n1cnc2c(N)nc(Cl)nc21. The first-order chi connectivity index (χ1) is 10.4. The van der Waals surface area contributed by atoms with Crippen LogP contribution in [0.3, 0.4) is 0 Å². The quantitative estimate of drug-likeness (QED) is 0.382. The summed E-state index contributed by atoms with van der Waals surface area (Å²) >= 11 is 5.75. The van der Waals surface area contributed by atoms with Crippen molar-refractivity contribution >= 4 is 28.6 Å². The molecule has 0 aliphatic carbocycles. The number of hydrogen-bond acceptors (Lipinski definition) is 9. The van der Waals surface area contributed by atoms with Gasteiger partial charge < -0.3 is 25.8 Å². The molecule has 11 heteroatoms. The Morgan fingerprint density at radius 2 is 2.27 bits per heavy atom. The van der Waals surface area contributed by atoms with E-state index in [0.717, 1.165) is 0 Å². The fourth-order valence-electron chi connectivity index (χ4n) is 2.40. The van der Waals surface area contributed by atoms with Crippen molar-refractivity contribution in [1.82, 2.24) is 19.5 Å². The number of nitriles is 1. The molecule has 0 unspecified atom stereocenters. The second kappa shape index (κ2) is 5.01. The third-order valence-corrected chi connectivity index (χ3v) is 3.69. The normalized spacial score (nSPS) is 31.5. The molecular weight excluding hydrogens is 316 g/mol. The summed E-state index contributed by atoms with van der Waals surface area (Å²) in [6.07, 6.45) is -2.87. The number of nitrogens with zero attached hydrogens (tertiary/aromatic N) is 5. The molecule has 2 aromatic heterocycles. The zero-order chi connectivity index (χ0) is 16.1. The summed E-state index contributed by atoms with van der Waals surface area (Å²) in [6.45, 7) is -0.577. The Labute approximate surface area is 128 Å². The number of nitrogen functional groups attached to an aromatic ring is 1. The third kappa shape index (κ3) is 1.92. The Kier molecular flexibility index (Phi) is 3.39. The number of ether oxygens (including phenoxy) is 1. The van der Waals surface area contributed by atoms with Crippen LogP contribution in [0.1, 0.15) is 6.23 Å². The first-order valence-electron chi connectivity index (χ1n) is 6.16. The van der Waals surface area contributed by atoms with Crippen molar-refractivity contribution in [3.8, 4) is 6.07 Å². The van der Waals surface area contributed by atoms with Crippen molar-refractivity contribution in [2.24, 2.45) is 0 Å². The average molecular weight is 327 g/mol. The van der Waals surface area contributed by atoms with Gasteiger partial charge in [0.15, 0.2) is 17.7 Å². The summed E-state index contributed by atoms with van der Waals surface area (Å²) in [4.78, 5) is 11.7. The molecule has 0 saturated carbocycles. The lowest BCUT2D eigenvalue weighted by molar-refractivity contribution is -0.0731. The molecule has 0 spiro atoms. The molecule has 1 saturated heterocycles. The topological polar surface area (TPSA) is 163 Å². The Hall–Kier alpha value is -2.03. The van der Waals surface area contributed by atoms with Crippen molar-refractivity contribution in [1.29, 1.82) is 5.26 Å². The monoisotopic (exact) mass is 326 g/mol. The van der Waals surface area contributed by atoms with Gasteiger partial charge in [-0.2, -0.15) is 15.2 Å². The highest BCUT2D eigenvalue weighted by Crippen LogP contribution is 2.39. The van der Waals surface area contributed by atoms with Gasteiger partial charge in [0, 0.05) is 0 Å².